The van der Waals surface area contributed by atoms with Crippen LogP contribution in [0, 0.1) is 5.82 Å². The van der Waals surface area contributed by atoms with Gasteiger partial charge < -0.3 is 16.2 Å². The maximum Gasteiger partial charge on any atom is 0.326 e. The highest BCUT2D eigenvalue weighted by molar-refractivity contribution is 7.98. The zero-order valence-electron chi connectivity index (χ0n) is 10.4. The first-order valence-electron chi connectivity index (χ1n) is 5.53. The van der Waals surface area contributed by atoms with E-state index in [0.29, 0.717) is 5.75 Å². The molecular weight excluding hydrogens is 271 g/mol. The number of rotatable bonds is 6. The van der Waals surface area contributed by atoms with Crippen LogP contribution in [-0.4, -0.2) is 35.0 Å². The molecule has 4 N–H and O–H groups in total. The second-order valence-electron chi connectivity index (χ2n) is 3.89. The van der Waals surface area contributed by atoms with Crippen molar-refractivity contribution in [3.63, 3.8) is 0 Å². The van der Waals surface area contributed by atoms with Crippen molar-refractivity contribution in [3.8, 4) is 0 Å². The lowest BCUT2D eigenvalue weighted by Gasteiger charge is -2.14. The first kappa shape index (κ1) is 15.3. The number of carbonyl (C=O) groups is 2. The van der Waals surface area contributed by atoms with Crippen molar-refractivity contribution in [3.05, 3.63) is 29.6 Å². The van der Waals surface area contributed by atoms with Crippen LogP contribution >= 0.6 is 11.8 Å². The number of nitrogens with one attached hydrogen (secondary N) is 1. The van der Waals surface area contributed by atoms with Gasteiger partial charge in [0.15, 0.2) is 0 Å². The highest BCUT2D eigenvalue weighted by Gasteiger charge is 2.21. The molecule has 1 aromatic carbocycles. The van der Waals surface area contributed by atoms with E-state index in [-0.39, 0.29) is 17.7 Å². The molecule has 1 amide bonds. The molecule has 0 spiro atoms. The summed E-state index contributed by atoms with van der Waals surface area (Å²) in [5.74, 6) is -2.09. The van der Waals surface area contributed by atoms with E-state index in [0.717, 1.165) is 6.07 Å². The first-order chi connectivity index (χ1) is 8.95. The number of carboxylic acid groups (broad SMARTS) is 1. The van der Waals surface area contributed by atoms with Gasteiger partial charge in [-0.3, -0.25) is 4.79 Å². The number of aliphatic carboxylic acids is 1. The Kier molecular flexibility index (Phi) is 5.62. The van der Waals surface area contributed by atoms with Crippen LogP contribution in [0.2, 0.25) is 0 Å². The molecule has 5 nitrogen and oxygen atoms in total. The molecule has 0 saturated carbocycles. The highest BCUT2D eigenvalue weighted by Crippen LogP contribution is 2.12. The lowest BCUT2D eigenvalue weighted by Crippen LogP contribution is -2.41. The number of amides is 1. The molecule has 0 saturated heterocycles. The first-order valence-corrected chi connectivity index (χ1v) is 6.92. The molecule has 0 fully saturated rings. The van der Waals surface area contributed by atoms with E-state index < -0.39 is 23.7 Å². The molecule has 0 aromatic heterocycles. The van der Waals surface area contributed by atoms with Crippen molar-refractivity contribution in [1.82, 2.24) is 5.32 Å². The largest absolute Gasteiger partial charge is 0.480 e. The predicted molar refractivity (Wildman–Crippen MR) is 72.7 cm³/mol. The van der Waals surface area contributed by atoms with E-state index in [2.05, 4.69) is 5.32 Å². The van der Waals surface area contributed by atoms with Crippen LogP contribution in [0.3, 0.4) is 0 Å². The SMILES string of the molecule is CSCC[C@H](NC(=O)c1ccc(N)cc1F)C(=O)O. The quantitative estimate of drug-likeness (QED) is 0.686. The zero-order chi connectivity index (χ0) is 14.4. The number of nitrogen functional groups attached to an aromatic ring is 1. The average Bonchev–Trinajstić information content (AvgIpc) is 2.33. The molecule has 19 heavy (non-hydrogen) atoms. The summed E-state index contributed by atoms with van der Waals surface area (Å²) in [5.41, 5.74) is 5.36. The maximum absolute atomic E-state index is 13.5. The molecule has 0 bridgehead atoms. The summed E-state index contributed by atoms with van der Waals surface area (Å²) in [4.78, 5) is 22.8. The number of carboxylic acids is 1. The van der Waals surface area contributed by atoms with Gasteiger partial charge in [0, 0.05) is 5.69 Å². The Morgan fingerprint density at radius 3 is 2.74 bits per heavy atom. The Labute approximate surface area is 114 Å². The van der Waals surface area contributed by atoms with E-state index in [1.165, 1.54) is 23.9 Å². The van der Waals surface area contributed by atoms with Crippen LogP contribution in [0.5, 0.6) is 0 Å². The number of hydrogen-bond acceptors (Lipinski definition) is 4. The van der Waals surface area contributed by atoms with Gasteiger partial charge in [0.25, 0.3) is 5.91 Å². The molecule has 1 aromatic rings. The van der Waals surface area contributed by atoms with Crippen LogP contribution in [0.25, 0.3) is 0 Å². The molecule has 0 aliphatic rings. The van der Waals surface area contributed by atoms with Gasteiger partial charge in [-0.15, -0.1) is 0 Å². The number of thioether (sulfide) groups is 1. The summed E-state index contributed by atoms with van der Waals surface area (Å²) in [7, 11) is 0. The van der Waals surface area contributed by atoms with E-state index in [1.54, 1.807) is 0 Å². The number of carbonyl (C=O) groups excluding carboxylic acids is 1. The van der Waals surface area contributed by atoms with Gasteiger partial charge in [0.05, 0.1) is 5.56 Å². The van der Waals surface area contributed by atoms with Gasteiger partial charge >= 0.3 is 5.97 Å². The fourth-order valence-electron chi connectivity index (χ4n) is 1.44. The van der Waals surface area contributed by atoms with Crippen molar-refractivity contribution >= 4 is 29.3 Å². The van der Waals surface area contributed by atoms with Crippen LogP contribution < -0.4 is 11.1 Å². The predicted octanol–water partition coefficient (Wildman–Crippen LogP) is 1.34. The Hall–Kier alpha value is -1.76. The Morgan fingerprint density at radius 1 is 1.53 bits per heavy atom. The second-order valence-corrected chi connectivity index (χ2v) is 4.87. The fraction of sp³-hybridized carbons (Fsp3) is 0.333. The summed E-state index contributed by atoms with van der Waals surface area (Å²) < 4.78 is 13.5. The minimum absolute atomic E-state index is 0.200. The molecule has 7 heteroatoms. The topological polar surface area (TPSA) is 92.4 Å². The van der Waals surface area contributed by atoms with Crippen molar-refractivity contribution < 1.29 is 19.1 Å². The van der Waals surface area contributed by atoms with Crippen LogP contribution in [-0.2, 0) is 4.79 Å². The van der Waals surface area contributed by atoms with Crippen molar-refractivity contribution in [2.45, 2.75) is 12.5 Å². The molecule has 1 rings (SSSR count). The molecule has 104 valence electrons. The van der Waals surface area contributed by atoms with Gasteiger partial charge in [-0.2, -0.15) is 11.8 Å². The summed E-state index contributed by atoms with van der Waals surface area (Å²) in [5, 5.41) is 11.3. The zero-order valence-corrected chi connectivity index (χ0v) is 11.2. The molecule has 0 aliphatic carbocycles. The lowest BCUT2D eigenvalue weighted by molar-refractivity contribution is -0.139. The number of nitrogens with two attached hydrogens (primary N) is 1. The van der Waals surface area contributed by atoms with Gasteiger partial charge in [-0.1, -0.05) is 0 Å². The van der Waals surface area contributed by atoms with Crippen LogP contribution in [0.1, 0.15) is 16.8 Å². The van der Waals surface area contributed by atoms with Gasteiger partial charge in [0.2, 0.25) is 0 Å². The average molecular weight is 286 g/mol. The number of anilines is 1. The Balaban J connectivity index is 2.78. The molecule has 0 aliphatic heterocycles. The third-order valence-corrected chi connectivity index (χ3v) is 3.10. The summed E-state index contributed by atoms with van der Waals surface area (Å²) in [6.07, 6.45) is 2.11. The summed E-state index contributed by atoms with van der Waals surface area (Å²) in [6, 6.07) is 2.60. The number of halogens is 1. The Morgan fingerprint density at radius 2 is 2.21 bits per heavy atom. The van der Waals surface area contributed by atoms with E-state index in [4.69, 9.17) is 10.8 Å². The number of benzene rings is 1. The molecule has 0 heterocycles. The Bertz CT molecular complexity index is 482. The standard InChI is InChI=1S/C12H15FN2O3S/c1-19-5-4-10(12(17)18)15-11(16)8-3-2-7(14)6-9(8)13/h2-3,6,10H,4-5,14H2,1H3,(H,15,16)(H,17,18)/t10-/m0/s1. The van der Waals surface area contributed by atoms with Crippen LogP contribution in [0.4, 0.5) is 10.1 Å². The summed E-state index contributed by atoms with van der Waals surface area (Å²) in [6.45, 7) is 0. The van der Waals surface area contributed by atoms with Crippen LogP contribution in [0.15, 0.2) is 18.2 Å². The third-order valence-electron chi connectivity index (χ3n) is 2.45. The van der Waals surface area contributed by atoms with Crippen molar-refractivity contribution in [2.75, 3.05) is 17.7 Å². The molecule has 0 radical (unpaired) electrons. The van der Waals surface area contributed by atoms with E-state index in [1.807, 2.05) is 6.26 Å². The van der Waals surface area contributed by atoms with E-state index >= 15 is 0 Å². The third kappa shape index (κ3) is 4.44. The second kappa shape index (κ2) is 6.98. The number of hydrogen-bond donors (Lipinski definition) is 3. The van der Waals surface area contributed by atoms with Crippen molar-refractivity contribution in [1.29, 1.82) is 0 Å². The fourth-order valence-corrected chi connectivity index (χ4v) is 1.92. The maximum atomic E-state index is 13.5. The molecular formula is C12H15FN2O3S. The molecule has 0 unspecified atom stereocenters. The lowest BCUT2D eigenvalue weighted by atomic mass is 10.1. The molecule has 1 atom stereocenters. The van der Waals surface area contributed by atoms with E-state index in [9.17, 15) is 14.0 Å². The van der Waals surface area contributed by atoms with Crippen molar-refractivity contribution in [2.24, 2.45) is 0 Å². The monoisotopic (exact) mass is 286 g/mol. The van der Waals surface area contributed by atoms with Gasteiger partial charge in [-0.05, 0) is 36.6 Å². The highest BCUT2D eigenvalue weighted by atomic mass is 32.2. The smallest absolute Gasteiger partial charge is 0.326 e. The minimum Gasteiger partial charge on any atom is -0.480 e. The normalized spacial score (nSPS) is 11.9. The van der Waals surface area contributed by atoms with Gasteiger partial charge in [0.1, 0.15) is 11.9 Å². The summed E-state index contributed by atoms with van der Waals surface area (Å²) >= 11 is 1.47. The van der Waals surface area contributed by atoms with Gasteiger partial charge in [-0.25, -0.2) is 9.18 Å². The minimum atomic E-state index is -1.14.